The molecule has 0 aliphatic heterocycles. The first kappa shape index (κ1) is 17.0. The number of carboxylic acid groups (broad SMARTS) is 1. The minimum Gasteiger partial charge on any atom is -0.479 e. The number of carbonyl (C=O) groups excluding carboxylic acids is 1. The van der Waals surface area contributed by atoms with Crippen LogP contribution in [0.5, 0.6) is 0 Å². The van der Waals surface area contributed by atoms with Gasteiger partial charge in [0.15, 0.2) is 5.54 Å². The van der Waals surface area contributed by atoms with Crippen molar-refractivity contribution in [3.8, 4) is 6.07 Å². The van der Waals surface area contributed by atoms with E-state index in [0.29, 0.717) is 12.8 Å². The number of carboxylic acids is 1. The number of allylic oxidation sites excluding steroid dienone is 1. The molecule has 0 spiro atoms. The Bertz CT molecular complexity index is 404. The lowest BCUT2D eigenvalue weighted by Crippen LogP contribution is -2.52. The quantitative estimate of drug-likeness (QED) is 0.588. The second-order valence-electron chi connectivity index (χ2n) is 5.23. The predicted octanol–water partition coefficient (Wildman–Crippen LogP) is 2.21. The van der Waals surface area contributed by atoms with E-state index in [2.05, 4.69) is 5.32 Å². The standard InChI is InChI=1S/C13H20N2O4/c1-12(2,3)19-11(18)15-13(4,10(16)17)8-6-5-7-9-14/h6,8H,5,7H2,1-4H3,(H,15,18)(H,16,17)/b8-6+/t13-/m1/s1. The Balaban J connectivity index is 4.73. The number of aliphatic carboxylic acids is 1. The van der Waals surface area contributed by atoms with E-state index in [1.54, 1.807) is 26.8 Å². The van der Waals surface area contributed by atoms with Gasteiger partial charge in [-0.1, -0.05) is 12.2 Å². The number of carbonyl (C=O) groups is 2. The predicted molar refractivity (Wildman–Crippen MR) is 69.4 cm³/mol. The first-order valence-electron chi connectivity index (χ1n) is 5.90. The van der Waals surface area contributed by atoms with Crippen molar-refractivity contribution in [3.05, 3.63) is 12.2 Å². The van der Waals surface area contributed by atoms with Gasteiger partial charge in [-0.25, -0.2) is 9.59 Å². The van der Waals surface area contributed by atoms with Crippen molar-refractivity contribution >= 4 is 12.1 Å². The van der Waals surface area contributed by atoms with Crippen molar-refractivity contribution in [2.24, 2.45) is 0 Å². The number of rotatable bonds is 5. The van der Waals surface area contributed by atoms with Crippen molar-refractivity contribution in [2.45, 2.75) is 51.7 Å². The summed E-state index contributed by atoms with van der Waals surface area (Å²) in [7, 11) is 0. The lowest BCUT2D eigenvalue weighted by Gasteiger charge is -2.26. The zero-order valence-electron chi connectivity index (χ0n) is 11.7. The molecule has 1 atom stereocenters. The van der Waals surface area contributed by atoms with Crippen molar-refractivity contribution in [3.63, 3.8) is 0 Å². The molecular weight excluding hydrogens is 248 g/mol. The van der Waals surface area contributed by atoms with Gasteiger partial charge in [-0.05, 0) is 34.1 Å². The SMILES string of the molecule is CC(C)(C)OC(=O)N[C@](C)(/C=C/CCC#N)C(=O)O. The van der Waals surface area contributed by atoms with Crippen LogP contribution in [-0.4, -0.2) is 28.3 Å². The number of hydrogen-bond acceptors (Lipinski definition) is 4. The molecular formula is C13H20N2O4. The fourth-order valence-electron chi connectivity index (χ4n) is 1.15. The molecule has 0 aliphatic carbocycles. The van der Waals surface area contributed by atoms with Gasteiger partial charge in [-0.2, -0.15) is 5.26 Å². The zero-order valence-corrected chi connectivity index (χ0v) is 11.7. The summed E-state index contributed by atoms with van der Waals surface area (Å²) in [4.78, 5) is 22.8. The summed E-state index contributed by atoms with van der Waals surface area (Å²) in [6.07, 6.45) is 2.81. The molecule has 19 heavy (non-hydrogen) atoms. The van der Waals surface area contributed by atoms with Crippen LogP contribution in [0.15, 0.2) is 12.2 Å². The first-order chi connectivity index (χ1) is 8.60. The van der Waals surface area contributed by atoms with Gasteiger partial charge in [0.1, 0.15) is 5.60 Å². The Morgan fingerprint density at radius 2 is 1.95 bits per heavy atom. The van der Waals surface area contributed by atoms with Crippen LogP contribution >= 0.6 is 0 Å². The molecule has 0 saturated carbocycles. The maximum atomic E-state index is 11.6. The molecule has 6 heteroatoms. The van der Waals surface area contributed by atoms with Gasteiger partial charge in [0.2, 0.25) is 0 Å². The number of unbranched alkanes of at least 4 members (excludes halogenated alkanes) is 1. The number of hydrogen-bond donors (Lipinski definition) is 2. The molecule has 106 valence electrons. The summed E-state index contributed by atoms with van der Waals surface area (Å²) in [5, 5.41) is 19.8. The molecule has 0 aromatic carbocycles. The summed E-state index contributed by atoms with van der Waals surface area (Å²) < 4.78 is 5.01. The molecule has 0 unspecified atom stereocenters. The third-order valence-electron chi connectivity index (χ3n) is 2.08. The fraction of sp³-hybridized carbons (Fsp3) is 0.615. The lowest BCUT2D eigenvalue weighted by atomic mass is 10.0. The number of nitrogens with zero attached hydrogens (tertiary/aromatic N) is 1. The van der Waals surface area contributed by atoms with E-state index < -0.39 is 23.2 Å². The van der Waals surface area contributed by atoms with Gasteiger partial charge in [-0.15, -0.1) is 0 Å². The Morgan fingerprint density at radius 1 is 1.37 bits per heavy atom. The van der Waals surface area contributed by atoms with Gasteiger partial charge in [-0.3, -0.25) is 0 Å². The van der Waals surface area contributed by atoms with Crippen molar-refractivity contribution in [1.82, 2.24) is 5.32 Å². The lowest BCUT2D eigenvalue weighted by molar-refractivity contribution is -0.142. The number of ether oxygens (including phenoxy) is 1. The monoisotopic (exact) mass is 268 g/mol. The van der Waals surface area contributed by atoms with Crippen LogP contribution in [0.3, 0.4) is 0 Å². The maximum absolute atomic E-state index is 11.6. The molecule has 0 aliphatic rings. The molecule has 2 N–H and O–H groups in total. The number of alkyl carbamates (subject to hydrolysis) is 1. The average molecular weight is 268 g/mol. The van der Waals surface area contributed by atoms with Gasteiger partial charge in [0.25, 0.3) is 0 Å². The van der Waals surface area contributed by atoms with Crippen LogP contribution in [-0.2, 0) is 9.53 Å². The number of amides is 1. The Kier molecular flexibility index (Phi) is 6.06. The topological polar surface area (TPSA) is 99.4 Å². The third-order valence-corrected chi connectivity index (χ3v) is 2.08. The first-order valence-corrected chi connectivity index (χ1v) is 5.90. The van der Waals surface area contributed by atoms with E-state index in [9.17, 15) is 9.59 Å². The average Bonchev–Trinajstić information content (AvgIpc) is 2.21. The van der Waals surface area contributed by atoms with Gasteiger partial charge < -0.3 is 15.2 Å². The summed E-state index contributed by atoms with van der Waals surface area (Å²) in [5.74, 6) is -1.20. The second-order valence-corrected chi connectivity index (χ2v) is 5.23. The van der Waals surface area contributed by atoms with E-state index >= 15 is 0 Å². The number of nitriles is 1. The van der Waals surface area contributed by atoms with Crippen LogP contribution in [0.25, 0.3) is 0 Å². The van der Waals surface area contributed by atoms with E-state index in [1.807, 2.05) is 6.07 Å². The second kappa shape index (κ2) is 6.78. The molecule has 1 amide bonds. The van der Waals surface area contributed by atoms with Crippen molar-refractivity contribution in [1.29, 1.82) is 5.26 Å². The zero-order chi connectivity index (χ0) is 15.1. The molecule has 0 saturated heterocycles. The number of nitrogens with one attached hydrogen (secondary N) is 1. The minimum absolute atomic E-state index is 0.290. The summed E-state index contributed by atoms with van der Waals surface area (Å²) in [5.41, 5.74) is -2.26. The Hall–Kier alpha value is -2.03. The van der Waals surface area contributed by atoms with E-state index in [1.165, 1.54) is 13.0 Å². The molecule has 0 heterocycles. The normalized spacial score (nSPS) is 14.5. The summed E-state index contributed by atoms with van der Waals surface area (Å²) in [6, 6.07) is 1.94. The van der Waals surface area contributed by atoms with Gasteiger partial charge in [0.05, 0.1) is 6.07 Å². The largest absolute Gasteiger partial charge is 0.479 e. The van der Waals surface area contributed by atoms with E-state index in [-0.39, 0.29) is 0 Å². The van der Waals surface area contributed by atoms with Gasteiger partial charge in [0, 0.05) is 6.42 Å². The van der Waals surface area contributed by atoms with Crippen LogP contribution in [0.2, 0.25) is 0 Å². The smallest absolute Gasteiger partial charge is 0.408 e. The van der Waals surface area contributed by atoms with Gasteiger partial charge >= 0.3 is 12.1 Å². The maximum Gasteiger partial charge on any atom is 0.408 e. The fourth-order valence-corrected chi connectivity index (χ4v) is 1.15. The molecule has 0 fully saturated rings. The van der Waals surface area contributed by atoms with Crippen LogP contribution in [0.1, 0.15) is 40.5 Å². The highest BCUT2D eigenvalue weighted by Crippen LogP contribution is 2.12. The summed E-state index contributed by atoms with van der Waals surface area (Å²) in [6.45, 7) is 6.41. The molecule has 6 nitrogen and oxygen atoms in total. The highest BCUT2D eigenvalue weighted by Gasteiger charge is 2.33. The Labute approximate surface area is 113 Å². The molecule has 0 aromatic heterocycles. The minimum atomic E-state index is -1.56. The van der Waals surface area contributed by atoms with Crippen LogP contribution in [0, 0.1) is 11.3 Å². The molecule has 0 radical (unpaired) electrons. The highest BCUT2D eigenvalue weighted by atomic mass is 16.6. The van der Waals surface area contributed by atoms with Crippen molar-refractivity contribution < 1.29 is 19.4 Å². The van der Waals surface area contributed by atoms with E-state index in [0.717, 1.165) is 0 Å². The van der Waals surface area contributed by atoms with Crippen LogP contribution in [0.4, 0.5) is 4.79 Å². The molecule has 0 bridgehead atoms. The molecule has 0 aromatic rings. The summed E-state index contributed by atoms with van der Waals surface area (Å²) >= 11 is 0. The molecule has 0 rings (SSSR count). The van der Waals surface area contributed by atoms with Crippen LogP contribution < -0.4 is 5.32 Å². The third kappa shape index (κ3) is 7.09. The van der Waals surface area contributed by atoms with E-state index in [4.69, 9.17) is 15.1 Å². The Morgan fingerprint density at radius 3 is 2.37 bits per heavy atom. The highest BCUT2D eigenvalue weighted by molar-refractivity contribution is 5.86. The van der Waals surface area contributed by atoms with Crippen molar-refractivity contribution in [2.75, 3.05) is 0 Å².